The van der Waals surface area contributed by atoms with E-state index in [-0.39, 0.29) is 24.8 Å². The average molecular weight is 284 g/mol. The minimum absolute atomic E-state index is 0. The van der Waals surface area contributed by atoms with E-state index >= 15 is 0 Å². The van der Waals surface area contributed by atoms with Crippen LogP contribution < -0.4 is 5.32 Å². The van der Waals surface area contributed by atoms with Crippen LogP contribution in [0.4, 0.5) is 0 Å². The van der Waals surface area contributed by atoms with Crippen LogP contribution >= 0.6 is 36.4 Å². The van der Waals surface area contributed by atoms with Crippen LogP contribution in [0.25, 0.3) is 0 Å². The van der Waals surface area contributed by atoms with E-state index in [4.69, 9.17) is 11.6 Å². The quantitative estimate of drug-likeness (QED) is 0.857. The zero-order chi connectivity index (χ0) is 9.80. The molecule has 1 aromatic rings. The minimum Gasteiger partial charge on any atom is -0.310 e. The summed E-state index contributed by atoms with van der Waals surface area (Å²) < 4.78 is 0. The van der Waals surface area contributed by atoms with Gasteiger partial charge < -0.3 is 5.32 Å². The van der Waals surface area contributed by atoms with Gasteiger partial charge in [-0.05, 0) is 24.5 Å². The third-order valence-electron chi connectivity index (χ3n) is 2.74. The van der Waals surface area contributed by atoms with Crippen molar-refractivity contribution in [3.05, 3.63) is 29.0 Å². The second kappa shape index (κ2) is 8.13. The van der Waals surface area contributed by atoms with Gasteiger partial charge in [0.1, 0.15) is 5.15 Å². The molecule has 1 aliphatic rings. The number of hydrogen-bond donors (Lipinski definition) is 1. The molecule has 0 saturated heterocycles. The standard InChI is InChI=1S/C11H15ClN2.2ClH/c12-11-6-5-9(8-14-11)7-13-10-3-1-2-4-10;;/h5-6,8,10,13H,1-4,7H2;2*1H. The summed E-state index contributed by atoms with van der Waals surface area (Å²) in [6.45, 7) is 0.912. The highest BCUT2D eigenvalue weighted by atomic mass is 35.5. The van der Waals surface area contributed by atoms with Gasteiger partial charge in [-0.3, -0.25) is 0 Å². The molecule has 1 aliphatic carbocycles. The van der Waals surface area contributed by atoms with Crippen LogP contribution in [0.3, 0.4) is 0 Å². The molecule has 5 heteroatoms. The molecule has 0 aliphatic heterocycles. The van der Waals surface area contributed by atoms with E-state index in [0.717, 1.165) is 6.54 Å². The van der Waals surface area contributed by atoms with Crippen LogP contribution in [0.1, 0.15) is 31.2 Å². The second-order valence-electron chi connectivity index (χ2n) is 3.85. The molecule has 1 saturated carbocycles. The lowest BCUT2D eigenvalue weighted by atomic mass is 10.2. The van der Waals surface area contributed by atoms with Crippen molar-refractivity contribution >= 4 is 36.4 Å². The Morgan fingerprint density at radius 3 is 2.50 bits per heavy atom. The van der Waals surface area contributed by atoms with Crippen molar-refractivity contribution < 1.29 is 0 Å². The first-order valence-corrected chi connectivity index (χ1v) is 5.56. The summed E-state index contributed by atoms with van der Waals surface area (Å²) in [5.74, 6) is 0. The van der Waals surface area contributed by atoms with Gasteiger partial charge in [-0.2, -0.15) is 0 Å². The Morgan fingerprint density at radius 1 is 1.25 bits per heavy atom. The molecule has 0 atom stereocenters. The van der Waals surface area contributed by atoms with Crippen molar-refractivity contribution in [2.75, 3.05) is 0 Å². The summed E-state index contributed by atoms with van der Waals surface area (Å²) in [5, 5.41) is 4.10. The second-order valence-corrected chi connectivity index (χ2v) is 4.24. The highest BCUT2D eigenvalue weighted by molar-refractivity contribution is 6.29. The first kappa shape index (κ1) is 16.0. The Morgan fingerprint density at radius 2 is 1.94 bits per heavy atom. The molecule has 0 aromatic carbocycles. The SMILES string of the molecule is Cl.Cl.Clc1ccc(CNC2CCCC2)cn1. The molecule has 0 spiro atoms. The summed E-state index contributed by atoms with van der Waals surface area (Å²) in [4.78, 5) is 4.05. The maximum absolute atomic E-state index is 5.71. The van der Waals surface area contributed by atoms with Gasteiger partial charge in [0.15, 0.2) is 0 Å². The van der Waals surface area contributed by atoms with E-state index in [1.54, 1.807) is 0 Å². The average Bonchev–Trinajstić information content (AvgIpc) is 2.70. The number of aromatic nitrogens is 1. The molecule has 92 valence electrons. The summed E-state index contributed by atoms with van der Waals surface area (Å²) >= 11 is 5.71. The van der Waals surface area contributed by atoms with Gasteiger partial charge in [0, 0.05) is 18.8 Å². The lowest BCUT2D eigenvalue weighted by Crippen LogP contribution is -2.25. The van der Waals surface area contributed by atoms with Crippen molar-refractivity contribution in [1.82, 2.24) is 10.3 Å². The molecular formula is C11H17Cl3N2. The molecule has 0 unspecified atom stereocenters. The first-order valence-electron chi connectivity index (χ1n) is 5.18. The topological polar surface area (TPSA) is 24.9 Å². The maximum atomic E-state index is 5.71. The van der Waals surface area contributed by atoms with Gasteiger partial charge in [0.25, 0.3) is 0 Å². The van der Waals surface area contributed by atoms with Crippen LogP contribution in [0.15, 0.2) is 18.3 Å². The Hall–Kier alpha value is -0.0200. The van der Waals surface area contributed by atoms with Gasteiger partial charge in [0.2, 0.25) is 0 Å². The van der Waals surface area contributed by atoms with Crippen molar-refractivity contribution in [1.29, 1.82) is 0 Å². The molecule has 0 radical (unpaired) electrons. The van der Waals surface area contributed by atoms with Gasteiger partial charge in [-0.15, -0.1) is 24.8 Å². The van der Waals surface area contributed by atoms with E-state index in [9.17, 15) is 0 Å². The fourth-order valence-electron chi connectivity index (χ4n) is 1.90. The fourth-order valence-corrected chi connectivity index (χ4v) is 2.01. The van der Waals surface area contributed by atoms with Crippen LogP contribution in [-0.4, -0.2) is 11.0 Å². The van der Waals surface area contributed by atoms with Crippen LogP contribution in [-0.2, 0) is 6.54 Å². The molecule has 1 aromatic heterocycles. The highest BCUT2D eigenvalue weighted by Gasteiger charge is 2.13. The minimum atomic E-state index is 0. The fraction of sp³-hybridized carbons (Fsp3) is 0.545. The van der Waals surface area contributed by atoms with Crippen molar-refractivity contribution in [3.8, 4) is 0 Å². The molecule has 16 heavy (non-hydrogen) atoms. The molecule has 2 rings (SSSR count). The number of rotatable bonds is 3. The molecular weight excluding hydrogens is 266 g/mol. The van der Waals surface area contributed by atoms with Crippen molar-refractivity contribution in [3.63, 3.8) is 0 Å². The number of pyridine rings is 1. The number of nitrogens with zero attached hydrogens (tertiary/aromatic N) is 1. The van der Waals surface area contributed by atoms with E-state index in [1.807, 2.05) is 18.3 Å². The smallest absolute Gasteiger partial charge is 0.129 e. The zero-order valence-electron chi connectivity index (χ0n) is 8.99. The molecule has 0 bridgehead atoms. The molecule has 2 nitrogen and oxygen atoms in total. The Balaban J connectivity index is 0.00000112. The maximum Gasteiger partial charge on any atom is 0.129 e. The predicted molar refractivity (Wildman–Crippen MR) is 72.8 cm³/mol. The van der Waals surface area contributed by atoms with Gasteiger partial charge in [-0.1, -0.05) is 30.5 Å². The first-order chi connectivity index (χ1) is 6.84. The van der Waals surface area contributed by atoms with E-state index in [1.165, 1.54) is 31.2 Å². The zero-order valence-corrected chi connectivity index (χ0v) is 11.4. The third kappa shape index (κ3) is 4.88. The summed E-state index contributed by atoms with van der Waals surface area (Å²) in [6.07, 6.45) is 7.22. The van der Waals surface area contributed by atoms with Crippen molar-refractivity contribution in [2.45, 2.75) is 38.3 Å². The van der Waals surface area contributed by atoms with Gasteiger partial charge in [-0.25, -0.2) is 4.98 Å². The third-order valence-corrected chi connectivity index (χ3v) is 2.96. The van der Waals surface area contributed by atoms with E-state index in [0.29, 0.717) is 11.2 Å². The highest BCUT2D eigenvalue weighted by Crippen LogP contribution is 2.18. The van der Waals surface area contributed by atoms with Crippen molar-refractivity contribution in [2.24, 2.45) is 0 Å². The largest absolute Gasteiger partial charge is 0.310 e. The van der Waals surface area contributed by atoms with Crippen LogP contribution in [0.2, 0.25) is 5.15 Å². The Bertz CT molecular complexity index is 284. The summed E-state index contributed by atoms with van der Waals surface area (Å²) in [5.41, 5.74) is 1.21. The molecule has 1 heterocycles. The normalized spacial score (nSPS) is 15.3. The van der Waals surface area contributed by atoms with Crippen LogP contribution in [0.5, 0.6) is 0 Å². The van der Waals surface area contributed by atoms with Crippen LogP contribution in [0, 0.1) is 0 Å². The Labute approximate surface area is 114 Å². The molecule has 1 fully saturated rings. The molecule has 0 amide bonds. The lowest BCUT2D eigenvalue weighted by Gasteiger charge is -2.11. The monoisotopic (exact) mass is 282 g/mol. The van der Waals surface area contributed by atoms with E-state index in [2.05, 4.69) is 10.3 Å². The number of hydrogen-bond acceptors (Lipinski definition) is 2. The summed E-state index contributed by atoms with van der Waals surface area (Å²) in [7, 11) is 0. The lowest BCUT2D eigenvalue weighted by molar-refractivity contribution is 0.523. The van der Waals surface area contributed by atoms with Gasteiger partial charge in [0.05, 0.1) is 0 Å². The summed E-state index contributed by atoms with van der Waals surface area (Å²) in [6, 6.07) is 4.58. The molecule has 1 N–H and O–H groups in total. The predicted octanol–water partition coefficient (Wildman–Crippen LogP) is 3.61. The van der Waals surface area contributed by atoms with E-state index < -0.39 is 0 Å². The number of halogens is 3. The van der Waals surface area contributed by atoms with Gasteiger partial charge >= 0.3 is 0 Å². The Kier molecular flexibility index (Phi) is 8.12. The number of nitrogens with one attached hydrogen (secondary N) is 1.